The lowest BCUT2D eigenvalue weighted by Crippen LogP contribution is -2.38. The molecule has 0 saturated heterocycles. The number of anilines is 1. The minimum atomic E-state index is -0.0575. The zero-order chi connectivity index (χ0) is 24.7. The van der Waals surface area contributed by atoms with Crippen molar-refractivity contribution < 1.29 is 9.53 Å². The molecule has 1 aliphatic carbocycles. The lowest BCUT2D eigenvalue weighted by Gasteiger charge is -2.27. The average Bonchev–Trinajstić information content (AvgIpc) is 3.48. The van der Waals surface area contributed by atoms with Crippen LogP contribution in [0.25, 0.3) is 10.6 Å². The highest BCUT2D eigenvalue weighted by molar-refractivity contribution is 8.08. The van der Waals surface area contributed by atoms with Gasteiger partial charge in [0.05, 0.1) is 30.1 Å². The quantitative estimate of drug-likeness (QED) is 0.611. The van der Waals surface area contributed by atoms with E-state index in [9.17, 15) is 9.59 Å². The van der Waals surface area contributed by atoms with Crippen molar-refractivity contribution in [1.82, 2.24) is 9.58 Å². The molecule has 0 atom stereocenters. The Morgan fingerprint density at radius 1 is 1.17 bits per heavy atom. The molecule has 1 amide bonds. The molecule has 186 valence electrons. The van der Waals surface area contributed by atoms with Gasteiger partial charge in [0.25, 0.3) is 11.5 Å². The van der Waals surface area contributed by atoms with Crippen LogP contribution < -0.4 is 24.4 Å². The van der Waals surface area contributed by atoms with Crippen molar-refractivity contribution >= 4 is 51.0 Å². The number of nitrogens with zero attached hydrogens (tertiary/aromatic N) is 4. The number of unbranched alkanes of at least 4 members (excludes halogenated alkanes) is 1. The number of carbonyl (C=O) groups excluding carboxylic acids is 1. The number of aromatic nitrogens is 1. The van der Waals surface area contributed by atoms with E-state index in [0.717, 1.165) is 64.5 Å². The molecule has 5 rings (SSSR count). The topological polar surface area (TPSA) is 67.1 Å². The molecule has 7 nitrogen and oxygen atoms in total. The highest BCUT2D eigenvalue weighted by atomic mass is 32.2. The van der Waals surface area contributed by atoms with Gasteiger partial charge in [-0.1, -0.05) is 44.4 Å². The number of methoxy groups -OCH3 is 1. The largest absolute Gasteiger partial charge is 0.497 e. The van der Waals surface area contributed by atoms with E-state index in [0.29, 0.717) is 22.4 Å². The van der Waals surface area contributed by atoms with E-state index in [1.54, 1.807) is 23.9 Å². The number of hydrazone groups is 1. The second kappa shape index (κ2) is 9.85. The Bertz CT molecular complexity index is 1370. The summed E-state index contributed by atoms with van der Waals surface area (Å²) in [4.78, 5) is 30.5. The highest BCUT2D eigenvalue weighted by Crippen LogP contribution is 2.46. The normalized spacial score (nSPS) is 21.6. The molecule has 9 heteroatoms. The fourth-order valence-electron chi connectivity index (χ4n) is 5.05. The zero-order valence-corrected chi connectivity index (χ0v) is 22.4. The molecule has 1 aromatic heterocycles. The van der Waals surface area contributed by atoms with E-state index in [1.807, 2.05) is 36.7 Å². The van der Waals surface area contributed by atoms with Gasteiger partial charge in [-0.15, -0.1) is 11.3 Å². The second-order valence-electron chi connectivity index (χ2n) is 9.35. The molecule has 3 aliphatic rings. The minimum absolute atomic E-state index is 0.0308. The van der Waals surface area contributed by atoms with E-state index in [1.165, 1.54) is 17.8 Å². The van der Waals surface area contributed by atoms with Gasteiger partial charge in [0, 0.05) is 24.6 Å². The fourth-order valence-corrected chi connectivity index (χ4v) is 7.60. The fraction of sp³-hybridized carbons (Fsp3) is 0.500. The Balaban J connectivity index is 1.66. The summed E-state index contributed by atoms with van der Waals surface area (Å²) in [5.41, 5.74) is 2.29. The number of ether oxygens (including phenoxy) is 1. The van der Waals surface area contributed by atoms with Gasteiger partial charge < -0.3 is 9.64 Å². The molecular weight excluding hydrogens is 480 g/mol. The number of hydrogen-bond acceptors (Lipinski definition) is 7. The first-order valence-corrected chi connectivity index (χ1v) is 14.0. The van der Waals surface area contributed by atoms with Crippen LogP contribution in [0.1, 0.15) is 58.8 Å². The van der Waals surface area contributed by atoms with Crippen molar-refractivity contribution in [2.75, 3.05) is 19.1 Å². The molecule has 2 aromatic rings. The summed E-state index contributed by atoms with van der Waals surface area (Å²) in [6.07, 6.45) is 7.33. The molecule has 2 aliphatic heterocycles. The van der Waals surface area contributed by atoms with Gasteiger partial charge in [-0.3, -0.25) is 14.2 Å². The second-order valence-corrected chi connectivity index (χ2v) is 11.4. The minimum Gasteiger partial charge on any atom is -0.497 e. The zero-order valence-electron chi connectivity index (χ0n) is 20.8. The number of hydrogen-bond donors (Lipinski definition) is 0. The van der Waals surface area contributed by atoms with E-state index in [2.05, 4.69) is 11.8 Å². The third-order valence-electron chi connectivity index (χ3n) is 7.03. The average molecular weight is 513 g/mol. The molecule has 0 spiro atoms. The molecule has 0 bridgehead atoms. The Morgan fingerprint density at radius 2 is 1.94 bits per heavy atom. The van der Waals surface area contributed by atoms with Crippen molar-refractivity contribution in [2.24, 2.45) is 5.10 Å². The van der Waals surface area contributed by atoms with Gasteiger partial charge >= 0.3 is 0 Å². The number of carbonyl (C=O) groups is 1. The van der Waals surface area contributed by atoms with Crippen LogP contribution in [0, 0.1) is 0 Å². The van der Waals surface area contributed by atoms with Gasteiger partial charge in [0.1, 0.15) is 20.0 Å². The van der Waals surface area contributed by atoms with Crippen molar-refractivity contribution in [3.05, 3.63) is 37.7 Å². The standard InChI is InChI=1S/C26H32N4O3S2/c1-5-6-14-29-24(32)22(26-28(3)19-15-18(33-4)12-13-20(19)34-26)35-25(29)21-16(2)27-30(23(21)31)17-10-8-7-9-11-17/h12-13,15,17H,5-11,14H2,1-4H3/b25-21+,26-22-. The van der Waals surface area contributed by atoms with Crippen molar-refractivity contribution in [3.63, 3.8) is 0 Å². The van der Waals surface area contributed by atoms with E-state index < -0.39 is 0 Å². The Hall–Kier alpha value is -2.52. The molecule has 3 heterocycles. The highest BCUT2D eigenvalue weighted by Gasteiger charge is 2.35. The van der Waals surface area contributed by atoms with Crippen molar-refractivity contribution in [3.8, 4) is 5.75 Å². The van der Waals surface area contributed by atoms with Crippen molar-refractivity contribution in [1.29, 1.82) is 0 Å². The predicted molar refractivity (Wildman–Crippen MR) is 144 cm³/mol. The maximum atomic E-state index is 13.8. The third kappa shape index (κ3) is 4.22. The SMILES string of the molecule is CCCCn1c(=O)/c(=C2/Sc3ccc(OC)cc3N2C)s/c1=C1/C(=O)N(C2CCCCC2)N=C1C. The number of fused-ring (bicyclic) bond motifs is 1. The number of amides is 1. The Kier molecular flexibility index (Phi) is 6.81. The summed E-state index contributed by atoms with van der Waals surface area (Å²) in [6, 6.07) is 6.12. The van der Waals surface area contributed by atoms with E-state index in [-0.39, 0.29) is 17.5 Å². The van der Waals surface area contributed by atoms with Gasteiger partial charge in [0.2, 0.25) is 0 Å². The summed E-state index contributed by atoms with van der Waals surface area (Å²) < 4.78 is 8.62. The van der Waals surface area contributed by atoms with Crippen LogP contribution in [0.15, 0.2) is 33.0 Å². The molecule has 35 heavy (non-hydrogen) atoms. The first-order valence-electron chi connectivity index (χ1n) is 12.4. The Labute approximate surface area is 213 Å². The molecule has 1 aromatic carbocycles. The van der Waals surface area contributed by atoms with Crippen LogP contribution in [0.3, 0.4) is 0 Å². The lowest BCUT2D eigenvalue weighted by molar-refractivity contribution is -0.126. The van der Waals surface area contributed by atoms with Crippen LogP contribution >= 0.6 is 23.1 Å². The number of rotatable bonds is 5. The van der Waals surface area contributed by atoms with E-state index in [4.69, 9.17) is 9.84 Å². The summed E-state index contributed by atoms with van der Waals surface area (Å²) in [6.45, 7) is 4.61. The van der Waals surface area contributed by atoms with Crippen LogP contribution in [-0.2, 0) is 11.3 Å². The summed E-state index contributed by atoms with van der Waals surface area (Å²) in [5.74, 6) is 0.726. The molecule has 1 saturated carbocycles. The number of benzene rings is 1. The summed E-state index contributed by atoms with van der Waals surface area (Å²) in [5, 5.41) is 7.28. The molecule has 1 fully saturated rings. The van der Waals surface area contributed by atoms with Crippen LogP contribution in [0.2, 0.25) is 0 Å². The first-order chi connectivity index (χ1) is 16.9. The molecule has 0 radical (unpaired) electrons. The Morgan fingerprint density at radius 3 is 2.66 bits per heavy atom. The first kappa shape index (κ1) is 24.2. The smallest absolute Gasteiger partial charge is 0.279 e. The van der Waals surface area contributed by atoms with Crippen LogP contribution in [0.4, 0.5) is 5.69 Å². The van der Waals surface area contributed by atoms with Crippen LogP contribution in [0.5, 0.6) is 5.75 Å². The summed E-state index contributed by atoms with van der Waals surface area (Å²) in [7, 11) is 3.64. The number of thioether (sulfide) groups is 1. The third-order valence-corrected chi connectivity index (χ3v) is 9.58. The van der Waals surface area contributed by atoms with Gasteiger partial charge in [-0.05, 0) is 38.3 Å². The van der Waals surface area contributed by atoms with E-state index >= 15 is 0 Å². The van der Waals surface area contributed by atoms with Gasteiger partial charge in [-0.2, -0.15) is 5.10 Å². The molecular formula is C26H32N4O3S2. The maximum Gasteiger partial charge on any atom is 0.279 e. The number of thiazole rings is 1. The monoisotopic (exact) mass is 512 g/mol. The van der Waals surface area contributed by atoms with Gasteiger partial charge in [0.15, 0.2) is 0 Å². The maximum absolute atomic E-state index is 13.8. The lowest BCUT2D eigenvalue weighted by atomic mass is 9.95. The molecule has 0 unspecified atom stereocenters. The van der Waals surface area contributed by atoms with Crippen LogP contribution in [-0.4, -0.2) is 41.4 Å². The van der Waals surface area contributed by atoms with Gasteiger partial charge in [-0.25, -0.2) is 5.01 Å². The van der Waals surface area contributed by atoms with Crippen molar-refractivity contribution in [2.45, 2.75) is 76.3 Å². The summed E-state index contributed by atoms with van der Waals surface area (Å²) >= 11 is 3.02. The molecule has 0 N–H and O–H groups in total. The predicted octanol–water partition coefficient (Wildman–Crippen LogP) is 3.73.